The zero-order chi connectivity index (χ0) is 19.9. The molecule has 0 fully saturated rings. The quantitative estimate of drug-likeness (QED) is 0.478. The van der Waals surface area contributed by atoms with Crippen LogP contribution < -0.4 is 5.56 Å². The van der Waals surface area contributed by atoms with E-state index in [4.69, 9.17) is 4.74 Å². The lowest BCUT2D eigenvalue weighted by Gasteiger charge is -2.12. The zero-order valence-corrected chi connectivity index (χ0v) is 14.9. The third-order valence-electron chi connectivity index (χ3n) is 4.05. The third kappa shape index (κ3) is 3.24. The monoisotopic (exact) mass is 404 g/mol. The molecule has 0 saturated heterocycles. The molecule has 2 aromatic heterocycles. The average molecular weight is 404 g/mol. The number of esters is 1. The van der Waals surface area contributed by atoms with Crippen LogP contribution in [0.25, 0.3) is 15.2 Å². The molecular formula is C19H11F3N2O3S. The van der Waals surface area contributed by atoms with Crippen LogP contribution in [0.5, 0.6) is 0 Å². The highest BCUT2D eigenvalue weighted by molar-refractivity contribution is 7.23. The number of halogens is 3. The van der Waals surface area contributed by atoms with E-state index in [0.717, 1.165) is 16.8 Å². The van der Waals surface area contributed by atoms with Crippen molar-refractivity contribution in [1.82, 2.24) is 9.38 Å². The second-order valence-corrected chi connectivity index (χ2v) is 6.90. The van der Waals surface area contributed by atoms with Crippen molar-refractivity contribution in [3.05, 3.63) is 81.8 Å². The van der Waals surface area contributed by atoms with Crippen molar-refractivity contribution in [1.29, 1.82) is 0 Å². The van der Waals surface area contributed by atoms with Crippen molar-refractivity contribution >= 4 is 32.5 Å². The van der Waals surface area contributed by atoms with Gasteiger partial charge in [-0.25, -0.2) is 9.78 Å². The van der Waals surface area contributed by atoms with Gasteiger partial charge >= 0.3 is 12.1 Å². The van der Waals surface area contributed by atoms with E-state index >= 15 is 0 Å². The Hall–Kier alpha value is -3.20. The average Bonchev–Trinajstić information content (AvgIpc) is 3.04. The number of fused-ring (bicyclic) bond motifs is 3. The molecule has 0 radical (unpaired) electrons. The van der Waals surface area contributed by atoms with Gasteiger partial charge in [0.1, 0.15) is 6.61 Å². The fourth-order valence-electron chi connectivity index (χ4n) is 2.82. The number of carbonyl (C=O) groups excluding carboxylic acids is 1. The molecule has 2 heterocycles. The second-order valence-electron chi connectivity index (χ2n) is 5.89. The van der Waals surface area contributed by atoms with Gasteiger partial charge in [0.05, 0.1) is 27.0 Å². The van der Waals surface area contributed by atoms with E-state index in [2.05, 4.69) is 4.98 Å². The molecule has 0 aliphatic heterocycles. The summed E-state index contributed by atoms with van der Waals surface area (Å²) < 4.78 is 46.4. The molecule has 2 aromatic carbocycles. The Bertz CT molecular complexity index is 1260. The molecule has 5 nitrogen and oxygen atoms in total. The Balaban J connectivity index is 1.62. The third-order valence-corrected chi connectivity index (χ3v) is 5.07. The molecule has 9 heteroatoms. The maximum atomic E-state index is 13.0. The Morgan fingerprint density at radius 1 is 1.11 bits per heavy atom. The number of benzene rings is 2. The second kappa shape index (κ2) is 6.75. The molecule has 0 amide bonds. The van der Waals surface area contributed by atoms with Gasteiger partial charge in [-0.1, -0.05) is 35.6 Å². The van der Waals surface area contributed by atoms with Crippen LogP contribution in [-0.2, 0) is 17.5 Å². The lowest BCUT2D eigenvalue weighted by Crippen LogP contribution is -2.17. The molecule has 142 valence electrons. The van der Waals surface area contributed by atoms with Gasteiger partial charge in [0, 0.05) is 6.07 Å². The van der Waals surface area contributed by atoms with Crippen molar-refractivity contribution in [3.63, 3.8) is 0 Å². The first-order chi connectivity index (χ1) is 13.3. The lowest BCUT2D eigenvalue weighted by molar-refractivity contribution is -0.138. The molecule has 4 rings (SSSR count). The molecule has 0 N–H and O–H groups in total. The maximum Gasteiger partial charge on any atom is 0.417 e. The highest BCUT2D eigenvalue weighted by Gasteiger charge is 2.35. The number of para-hydroxylation sites is 1. The SMILES string of the molecule is O=C(OCc1cc(=O)n2c(n1)sc1ccccc12)c1ccccc1C(F)(F)F. The predicted octanol–water partition coefficient (Wildman–Crippen LogP) is 4.29. The van der Waals surface area contributed by atoms with Gasteiger partial charge in [0.25, 0.3) is 5.56 Å². The van der Waals surface area contributed by atoms with E-state index in [0.29, 0.717) is 10.5 Å². The standard InChI is InChI=1S/C19H11F3N2O3S/c20-19(21,22)13-6-2-1-5-12(13)17(26)27-10-11-9-16(25)24-14-7-3-4-8-15(14)28-18(24)23-11/h1-9H,10H2. The number of nitrogens with zero attached hydrogens (tertiary/aromatic N) is 2. The van der Waals surface area contributed by atoms with Crippen molar-refractivity contribution < 1.29 is 22.7 Å². The van der Waals surface area contributed by atoms with E-state index in [-0.39, 0.29) is 11.3 Å². The summed E-state index contributed by atoms with van der Waals surface area (Å²) in [4.78, 5) is 29.3. The maximum absolute atomic E-state index is 13.0. The minimum atomic E-state index is -4.68. The summed E-state index contributed by atoms with van der Waals surface area (Å²) >= 11 is 1.29. The van der Waals surface area contributed by atoms with Crippen molar-refractivity contribution in [2.24, 2.45) is 0 Å². The fraction of sp³-hybridized carbons (Fsp3) is 0.105. The predicted molar refractivity (Wildman–Crippen MR) is 97.4 cm³/mol. The number of hydrogen-bond acceptors (Lipinski definition) is 5. The largest absolute Gasteiger partial charge is 0.456 e. The zero-order valence-electron chi connectivity index (χ0n) is 14.1. The van der Waals surface area contributed by atoms with Crippen LogP contribution in [0.4, 0.5) is 13.2 Å². The molecule has 0 bridgehead atoms. The number of alkyl halides is 3. The smallest absolute Gasteiger partial charge is 0.417 e. The van der Waals surface area contributed by atoms with E-state index in [9.17, 15) is 22.8 Å². The molecule has 0 aliphatic carbocycles. The minimum absolute atomic E-state index is 0.161. The van der Waals surface area contributed by atoms with Gasteiger partial charge in [-0.15, -0.1) is 0 Å². The summed E-state index contributed by atoms with van der Waals surface area (Å²) in [5.74, 6) is -1.13. The molecule has 0 spiro atoms. The van der Waals surface area contributed by atoms with Crippen molar-refractivity contribution in [3.8, 4) is 0 Å². The van der Waals surface area contributed by atoms with E-state index in [1.807, 2.05) is 12.1 Å². The van der Waals surface area contributed by atoms with Gasteiger partial charge in [0.15, 0.2) is 4.96 Å². The van der Waals surface area contributed by atoms with Crippen LogP contribution in [0.1, 0.15) is 21.6 Å². The van der Waals surface area contributed by atoms with Crippen LogP contribution >= 0.6 is 11.3 Å². The lowest BCUT2D eigenvalue weighted by atomic mass is 10.1. The molecule has 28 heavy (non-hydrogen) atoms. The summed E-state index contributed by atoms with van der Waals surface area (Å²) in [6.45, 7) is -0.412. The van der Waals surface area contributed by atoms with E-state index in [1.165, 1.54) is 33.9 Å². The molecule has 0 unspecified atom stereocenters. The Kier molecular flexibility index (Phi) is 4.38. The Morgan fingerprint density at radius 2 is 1.82 bits per heavy atom. The van der Waals surface area contributed by atoms with Crippen LogP contribution in [0.3, 0.4) is 0 Å². The highest BCUT2D eigenvalue weighted by Crippen LogP contribution is 2.32. The number of ether oxygens (including phenoxy) is 1. The van der Waals surface area contributed by atoms with Crippen LogP contribution in [-0.4, -0.2) is 15.4 Å². The van der Waals surface area contributed by atoms with E-state index < -0.39 is 29.9 Å². The van der Waals surface area contributed by atoms with Gasteiger partial charge in [-0.2, -0.15) is 13.2 Å². The summed E-state index contributed by atoms with van der Waals surface area (Å²) in [6.07, 6.45) is -4.68. The molecule has 0 atom stereocenters. The molecule has 0 saturated carbocycles. The first-order valence-corrected chi connectivity index (χ1v) is 8.90. The van der Waals surface area contributed by atoms with Gasteiger partial charge in [0.2, 0.25) is 0 Å². The van der Waals surface area contributed by atoms with Crippen LogP contribution in [0, 0.1) is 0 Å². The normalized spacial score (nSPS) is 11.8. The Labute approximate surface area is 159 Å². The topological polar surface area (TPSA) is 60.7 Å². The van der Waals surface area contributed by atoms with Crippen molar-refractivity contribution in [2.45, 2.75) is 12.8 Å². The van der Waals surface area contributed by atoms with Crippen molar-refractivity contribution in [2.75, 3.05) is 0 Å². The summed E-state index contributed by atoms with van der Waals surface area (Å²) in [7, 11) is 0. The van der Waals surface area contributed by atoms with E-state index in [1.54, 1.807) is 12.1 Å². The molecule has 4 aromatic rings. The fourth-order valence-corrected chi connectivity index (χ4v) is 3.87. The summed E-state index contributed by atoms with van der Waals surface area (Å²) in [5, 5.41) is 0. The Morgan fingerprint density at radius 3 is 2.61 bits per heavy atom. The van der Waals surface area contributed by atoms with Gasteiger partial charge < -0.3 is 4.74 Å². The molecule has 0 aliphatic rings. The summed E-state index contributed by atoms with van der Waals surface area (Å²) in [5.41, 5.74) is -1.15. The van der Waals surface area contributed by atoms with Gasteiger partial charge in [-0.05, 0) is 24.3 Å². The van der Waals surface area contributed by atoms with Crippen LogP contribution in [0.15, 0.2) is 59.4 Å². The number of aromatic nitrogens is 2. The molecular weight excluding hydrogens is 393 g/mol. The number of rotatable bonds is 3. The van der Waals surface area contributed by atoms with Crippen LogP contribution in [0.2, 0.25) is 0 Å². The number of thiazole rings is 1. The summed E-state index contributed by atoms with van der Waals surface area (Å²) in [6, 6.07) is 12.8. The first-order valence-electron chi connectivity index (χ1n) is 8.08. The minimum Gasteiger partial charge on any atom is -0.456 e. The number of carbonyl (C=O) groups is 1. The number of hydrogen-bond donors (Lipinski definition) is 0. The first kappa shape index (κ1) is 18.2. The van der Waals surface area contributed by atoms with Gasteiger partial charge in [-0.3, -0.25) is 9.20 Å². The highest BCUT2D eigenvalue weighted by atomic mass is 32.1.